The number of ether oxygens (including phenoxy) is 1. The molecule has 1 saturated heterocycles. The minimum absolute atomic E-state index is 0.0372. The summed E-state index contributed by atoms with van der Waals surface area (Å²) in [7, 11) is 0. The van der Waals surface area contributed by atoms with E-state index in [1.807, 2.05) is 36.1 Å². The standard InChI is InChI=1S/C32H43N3O4/c1-4-39-28(36)21-24-22-32(26-15-9-8-14-25(24)26)17-19-35(20-18-32)29(37)27(34-30(38)31(2,3)33)16-10-13-23-11-6-5-7-12-23/h5-9,11-12,14-15,24,27H,4,10,13,16-22,33H2,1-3H3,(H,34,38)/t24?,27-/m1/s1. The van der Waals surface area contributed by atoms with Crippen LogP contribution in [0.3, 0.4) is 0 Å². The number of rotatable bonds is 10. The van der Waals surface area contributed by atoms with Gasteiger partial charge in [0.05, 0.1) is 18.6 Å². The number of aryl methyl sites for hydroxylation is 1. The second-order valence-corrected chi connectivity index (χ2v) is 11.7. The van der Waals surface area contributed by atoms with Gasteiger partial charge >= 0.3 is 5.97 Å². The first-order chi connectivity index (χ1) is 18.6. The van der Waals surface area contributed by atoms with Crippen LogP contribution in [0.4, 0.5) is 0 Å². The first-order valence-electron chi connectivity index (χ1n) is 14.3. The summed E-state index contributed by atoms with van der Waals surface area (Å²) >= 11 is 0. The van der Waals surface area contributed by atoms with Crippen LogP contribution in [0.1, 0.15) is 81.9 Å². The molecule has 1 unspecified atom stereocenters. The highest BCUT2D eigenvalue weighted by Gasteiger charge is 2.46. The molecule has 0 aromatic heterocycles. The third-order valence-corrected chi connectivity index (χ3v) is 8.35. The van der Waals surface area contributed by atoms with Crippen LogP contribution >= 0.6 is 0 Å². The number of carbonyl (C=O) groups is 3. The smallest absolute Gasteiger partial charge is 0.306 e. The molecule has 2 aromatic rings. The minimum Gasteiger partial charge on any atom is -0.466 e. The molecule has 2 atom stereocenters. The fourth-order valence-corrected chi connectivity index (χ4v) is 6.24. The van der Waals surface area contributed by atoms with E-state index in [0.29, 0.717) is 32.5 Å². The molecule has 7 heteroatoms. The Morgan fingerprint density at radius 1 is 1.08 bits per heavy atom. The van der Waals surface area contributed by atoms with E-state index in [9.17, 15) is 14.4 Å². The number of carbonyl (C=O) groups excluding carboxylic acids is 3. The van der Waals surface area contributed by atoms with Crippen LogP contribution in [0.15, 0.2) is 54.6 Å². The van der Waals surface area contributed by atoms with E-state index in [1.165, 1.54) is 16.7 Å². The summed E-state index contributed by atoms with van der Waals surface area (Å²) in [5.74, 6) is -0.372. The van der Waals surface area contributed by atoms with E-state index < -0.39 is 11.6 Å². The van der Waals surface area contributed by atoms with Crippen molar-refractivity contribution in [2.45, 2.75) is 88.6 Å². The minimum atomic E-state index is -1.06. The van der Waals surface area contributed by atoms with Gasteiger partial charge in [-0.05, 0) is 87.3 Å². The topological polar surface area (TPSA) is 102 Å². The molecule has 39 heavy (non-hydrogen) atoms. The lowest BCUT2D eigenvalue weighted by atomic mass is 9.73. The normalized spacial score (nSPS) is 18.9. The van der Waals surface area contributed by atoms with Crippen LogP contribution in [0.5, 0.6) is 0 Å². The fraction of sp³-hybridized carbons (Fsp3) is 0.531. The van der Waals surface area contributed by atoms with Gasteiger partial charge in [0.2, 0.25) is 11.8 Å². The molecule has 1 aliphatic carbocycles. The van der Waals surface area contributed by atoms with Crippen molar-refractivity contribution in [3.63, 3.8) is 0 Å². The van der Waals surface area contributed by atoms with Gasteiger partial charge in [-0.3, -0.25) is 14.4 Å². The van der Waals surface area contributed by atoms with Crippen molar-refractivity contribution >= 4 is 17.8 Å². The molecule has 210 valence electrons. The second-order valence-electron chi connectivity index (χ2n) is 11.7. The van der Waals surface area contributed by atoms with E-state index in [4.69, 9.17) is 10.5 Å². The van der Waals surface area contributed by atoms with Gasteiger partial charge < -0.3 is 20.7 Å². The van der Waals surface area contributed by atoms with E-state index in [2.05, 4.69) is 35.6 Å². The van der Waals surface area contributed by atoms with Gasteiger partial charge in [0, 0.05) is 13.1 Å². The predicted octanol–water partition coefficient (Wildman–Crippen LogP) is 4.23. The highest BCUT2D eigenvalue weighted by molar-refractivity contribution is 5.91. The molecule has 0 radical (unpaired) electrons. The van der Waals surface area contributed by atoms with Crippen molar-refractivity contribution < 1.29 is 19.1 Å². The molecule has 0 bridgehead atoms. The van der Waals surface area contributed by atoms with Gasteiger partial charge in [0.15, 0.2) is 0 Å². The third-order valence-electron chi connectivity index (χ3n) is 8.35. The molecule has 1 fully saturated rings. The highest BCUT2D eigenvalue weighted by Crippen LogP contribution is 2.52. The Morgan fingerprint density at radius 3 is 2.41 bits per heavy atom. The molecular weight excluding hydrogens is 490 g/mol. The largest absolute Gasteiger partial charge is 0.466 e. The Labute approximate surface area is 232 Å². The van der Waals surface area contributed by atoms with Crippen LogP contribution in [0.25, 0.3) is 0 Å². The SMILES string of the molecule is CCOC(=O)CC1CC2(CCN(C(=O)[C@@H](CCCc3ccccc3)NC(=O)C(C)(C)N)CC2)c2ccccc21. The lowest BCUT2D eigenvalue weighted by Gasteiger charge is -2.41. The molecular formula is C32H43N3O4. The van der Waals surface area contributed by atoms with Crippen molar-refractivity contribution in [1.29, 1.82) is 0 Å². The molecule has 1 aliphatic heterocycles. The van der Waals surface area contributed by atoms with Crippen molar-refractivity contribution in [1.82, 2.24) is 10.2 Å². The first kappa shape index (κ1) is 28.8. The Kier molecular flexibility index (Phi) is 9.11. The molecule has 2 aromatic carbocycles. The Hall–Kier alpha value is -3.19. The lowest BCUT2D eigenvalue weighted by Crippen LogP contribution is -2.57. The zero-order valence-electron chi connectivity index (χ0n) is 23.6. The number of hydrogen-bond donors (Lipinski definition) is 2. The Balaban J connectivity index is 1.43. The fourth-order valence-electron chi connectivity index (χ4n) is 6.24. The Morgan fingerprint density at radius 2 is 1.74 bits per heavy atom. The number of nitrogens with one attached hydrogen (secondary N) is 1. The van der Waals surface area contributed by atoms with Crippen LogP contribution in [-0.2, 0) is 31.0 Å². The Bertz CT molecular complexity index is 1150. The van der Waals surface area contributed by atoms with Gasteiger partial charge in [-0.1, -0.05) is 54.6 Å². The van der Waals surface area contributed by atoms with Crippen LogP contribution in [0.2, 0.25) is 0 Å². The molecule has 0 saturated carbocycles. The van der Waals surface area contributed by atoms with Crippen LogP contribution in [-0.4, -0.2) is 54.0 Å². The maximum Gasteiger partial charge on any atom is 0.306 e. The number of fused-ring (bicyclic) bond motifs is 2. The summed E-state index contributed by atoms with van der Waals surface area (Å²) in [6.45, 7) is 6.78. The lowest BCUT2D eigenvalue weighted by molar-refractivity contribution is -0.143. The van der Waals surface area contributed by atoms with Crippen molar-refractivity contribution in [3.05, 3.63) is 71.3 Å². The molecule has 2 amide bonds. The predicted molar refractivity (Wildman–Crippen MR) is 152 cm³/mol. The summed E-state index contributed by atoms with van der Waals surface area (Å²) in [6, 6.07) is 18.0. The molecule has 7 nitrogen and oxygen atoms in total. The maximum atomic E-state index is 13.7. The molecule has 3 N–H and O–H groups in total. The average Bonchev–Trinajstić information content (AvgIpc) is 3.20. The number of nitrogens with two attached hydrogens (primary N) is 1. The quantitative estimate of drug-likeness (QED) is 0.445. The number of nitrogens with zero attached hydrogens (tertiary/aromatic N) is 1. The van der Waals surface area contributed by atoms with Crippen molar-refractivity contribution in [2.75, 3.05) is 19.7 Å². The monoisotopic (exact) mass is 533 g/mol. The van der Waals surface area contributed by atoms with Crippen molar-refractivity contribution in [3.8, 4) is 0 Å². The number of esters is 1. The average molecular weight is 534 g/mol. The van der Waals surface area contributed by atoms with E-state index in [0.717, 1.165) is 32.1 Å². The second kappa shape index (κ2) is 12.3. The van der Waals surface area contributed by atoms with E-state index in [-0.39, 0.29) is 29.1 Å². The van der Waals surface area contributed by atoms with Gasteiger partial charge in [0.25, 0.3) is 0 Å². The maximum absolute atomic E-state index is 13.7. The van der Waals surface area contributed by atoms with Crippen LogP contribution in [0, 0.1) is 0 Å². The van der Waals surface area contributed by atoms with Gasteiger partial charge in [-0.25, -0.2) is 0 Å². The van der Waals surface area contributed by atoms with E-state index >= 15 is 0 Å². The highest BCUT2D eigenvalue weighted by atomic mass is 16.5. The molecule has 1 heterocycles. The number of likely N-dealkylation sites (tertiary alicyclic amines) is 1. The summed E-state index contributed by atoms with van der Waals surface area (Å²) < 4.78 is 5.25. The zero-order valence-corrected chi connectivity index (χ0v) is 23.6. The molecule has 1 spiro atoms. The number of benzene rings is 2. The van der Waals surface area contributed by atoms with E-state index in [1.54, 1.807) is 13.8 Å². The summed E-state index contributed by atoms with van der Waals surface area (Å²) in [5.41, 5.74) is 8.70. The number of amides is 2. The summed E-state index contributed by atoms with van der Waals surface area (Å²) in [6.07, 6.45) is 5.14. The third kappa shape index (κ3) is 6.88. The van der Waals surface area contributed by atoms with Gasteiger partial charge in [0.1, 0.15) is 6.04 Å². The summed E-state index contributed by atoms with van der Waals surface area (Å²) in [4.78, 5) is 40.7. The number of piperidine rings is 1. The number of hydrogen-bond acceptors (Lipinski definition) is 5. The van der Waals surface area contributed by atoms with Crippen LogP contribution < -0.4 is 11.1 Å². The van der Waals surface area contributed by atoms with Gasteiger partial charge in [-0.2, -0.15) is 0 Å². The molecule has 2 aliphatic rings. The first-order valence-corrected chi connectivity index (χ1v) is 14.3. The van der Waals surface area contributed by atoms with Gasteiger partial charge in [-0.15, -0.1) is 0 Å². The molecule has 4 rings (SSSR count). The van der Waals surface area contributed by atoms with Crippen molar-refractivity contribution in [2.24, 2.45) is 5.73 Å². The summed E-state index contributed by atoms with van der Waals surface area (Å²) in [5, 5.41) is 2.95. The zero-order chi connectivity index (χ0) is 28.0.